The van der Waals surface area contributed by atoms with E-state index in [0.29, 0.717) is 62.5 Å². The number of methoxy groups -OCH3 is 4. The minimum atomic E-state index is -1.22. The van der Waals surface area contributed by atoms with Crippen molar-refractivity contribution in [1.82, 2.24) is 0 Å². The van der Waals surface area contributed by atoms with Gasteiger partial charge in [0.25, 0.3) is 0 Å². The van der Waals surface area contributed by atoms with Crippen molar-refractivity contribution in [1.29, 1.82) is 0 Å². The Balaban J connectivity index is 1.37. The molecule has 5 unspecified atom stereocenters. The highest BCUT2D eigenvalue weighted by Crippen LogP contribution is 2.37. The van der Waals surface area contributed by atoms with E-state index in [2.05, 4.69) is 0 Å². The van der Waals surface area contributed by atoms with E-state index in [4.69, 9.17) is 47.4 Å². The summed E-state index contributed by atoms with van der Waals surface area (Å²) in [6, 6.07) is 0. The van der Waals surface area contributed by atoms with E-state index in [1.54, 1.807) is 81.3 Å². The maximum absolute atomic E-state index is 13.9. The molecule has 0 spiro atoms. The first-order valence-corrected chi connectivity index (χ1v) is 37.1. The van der Waals surface area contributed by atoms with E-state index in [-0.39, 0.29) is 93.6 Å². The van der Waals surface area contributed by atoms with Crippen LogP contribution < -0.4 is 0 Å². The summed E-state index contributed by atoms with van der Waals surface area (Å²) < 4.78 is 61.1. The second-order valence-electron chi connectivity index (χ2n) is 30.5. The van der Waals surface area contributed by atoms with Crippen LogP contribution in [0, 0.1) is 47.3 Å². The Bertz CT molecular complexity index is 2520. The highest BCUT2D eigenvalue weighted by molar-refractivity contribution is 5.83. The number of allylic oxidation sites excluding steroid dienone is 4. The van der Waals surface area contributed by atoms with E-state index >= 15 is 0 Å². The number of cyclic esters (lactones) is 2. The Morgan fingerprint density at radius 1 is 0.475 bits per heavy atom. The van der Waals surface area contributed by atoms with Crippen molar-refractivity contribution >= 4 is 11.9 Å². The summed E-state index contributed by atoms with van der Waals surface area (Å²) in [6.07, 6.45) is 9.95. The van der Waals surface area contributed by atoms with Gasteiger partial charge in [0.2, 0.25) is 0 Å². The molecule has 0 aliphatic carbocycles. The van der Waals surface area contributed by atoms with Gasteiger partial charge in [0.1, 0.15) is 12.2 Å². The fraction of sp³-hybridized carbons (Fsp3) is 0.821. The second kappa shape index (κ2) is 43.2. The van der Waals surface area contributed by atoms with E-state index in [9.17, 15) is 55.5 Å². The monoisotopic (exact) mass is 1400 g/mol. The van der Waals surface area contributed by atoms with Gasteiger partial charge in [-0.15, -0.1) is 0 Å². The van der Waals surface area contributed by atoms with Crippen LogP contribution in [0.2, 0.25) is 0 Å². The predicted molar refractivity (Wildman–Crippen MR) is 379 cm³/mol. The standard InChI is InChI=1S/C78H132O21/c1-44-23-28-56(79)36-58-20-18-22-61(97-58)40-71(93-16)51(8)66(82)43-68(84)53(10)78(55(12)76(89)47(4)33-69(85)72-41-64(91-14)35-49(6)95-72)99-74(87)32-26-45(2)24-29-57(80)37-59-19-17-21-60(96-59)39-70(92-15)50(7)65(81)42-67(83)52(9)77(98-73(86)31-25-44)54(11)75(88)46(3)27-30-62-38-63(90-13)34-48(5)94-62/h17-20,23-26,31-32,46-72,75-85,88-89H,21-22,27-30,33-43H2,1-16H3/b31-25+,32-26+,44-23+,45-24+/t46-,47-,48-,49-,50+,51-,52-,53-,54-,55-,56-,57-,58-,59-,60?,61?,62-,63+,64+,65+,66-,67+,68+,69?,70-,71+,72+,75-,76-,77?,78?/m0/s1. The summed E-state index contributed by atoms with van der Waals surface area (Å²) >= 11 is 0. The Morgan fingerprint density at radius 3 is 1.32 bits per heavy atom. The molecule has 9 N–H and O–H groups in total. The van der Waals surface area contributed by atoms with Crippen molar-refractivity contribution in [2.75, 3.05) is 28.4 Å². The minimum Gasteiger partial charge on any atom is -0.458 e. The molecule has 2 saturated heterocycles. The Kier molecular flexibility index (Phi) is 37.7. The molecular weight excluding hydrogens is 1270 g/mol. The molecule has 5 rings (SSSR count). The number of rotatable bonds is 16. The van der Waals surface area contributed by atoms with Crippen molar-refractivity contribution in [2.45, 2.75) is 333 Å². The molecule has 5 aliphatic rings. The Hall–Kier alpha value is -3.30. The summed E-state index contributed by atoms with van der Waals surface area (Å²) in [5, 5.41) is 106. The lowest BCUT2D eigenvalue weighted by Crippen LogP contribution is -2.47. The van der Waals surface area contributed by atoms with Gasteiger partial charge in [-0.3, -0.25) is 0 Å². The number of carbonyl (C=O) groups excluding carboxylic acids is 2. The fourth-order valence-electron chi connectivity index (χ4n) is 15.4. The number of carbonyl (C=O) groups is 2. The third kappa shape index (κ3) is 28.3. The fourth-order valence-corrected chi connectivity index (χ4v) is 15.4. The number of fused-ring (bicyclic) bond motifs is 4. The van der Waals surface area contributed by atoms with Crippen molar-refractivity contribution < 1.29 is 103 Å². The number of aliphatic hydroxyl groups is 9. The van der Waals surface area contributed by atoms with Crippen LogP contribution in [0.5, 0.6) is 0 Å². The predicted octanol–water partition coefficient (Wildman–Crippen LogP) is 9.08. The molecule has 21 nitrogen and oxygen atoms in total. The summed E-state index contributed by atoms with van der Waals surface area (Å²) in [6.45, 7) is 22.1. The number of ether oxygens (including phenoxy) is 10. The molecule has 0 aromatic carbocycles. The molecule has 5 heterocycles. The van der Waals surface area contributed by atoms with Gasteiger partial charge in [0.15, 0.2) is 0 Å². The highest BCUT2D eigenvalue weighted by atomic mass is 16.6. The molecule has 0 amide bonds. The average Bonchev–Trinajstić information content (AvgIpc) is 0.855. The lowest BCUT2D eigenvalue weighted by molar-refractivity contribution is -0.160. The van der Waals surface area contributed by atoms with Crippen LogP contribution in [0.15, 0.2) is 71.9 Å². The van der Waals surface area contributed by atoms with E-state index < -0.39 is 151 Å². The largest absolute Gasteiger partial charge is 0.458 e. The molecule has 0 radical (unpaired) electrons. The van der Waals surface area contributed by atoms with Gasteiger partial charge in [-0.1, -0.05) is 115 Å². The quantitative estimate of drug-likeness (QED) is 0.0514. The molecular formula is C78H132O21. The normalized spacial score (nSPS) is 41.1. The maximum Gasteiger partial charge on any atom is 0.331 e. The van der Waals surface area contributed by atoms with Gasteiger partial charge in [-0.2, -0.15) is 0 Å². The van der Waals surface area contributed by atoms with Crippen molar-refractivity contribution in [2.24, 2.45) is 47.3 Å². The highest BCUT2D eigenvalue weighted by Gasteiger charge is 2.43. The molecule has 99 heavy (non-hydrogen) atoms. The number of esters is 2. The summed E-state index contributed by atoms with van der Waals surface area (Å²) in [4.78, 5) is 27.8. The first-order valence-electron chi connectivity index (χ1n) is 37.1. The number of hydrogen-bond acceptors (Lipinski definition) is 21. The number of hydrogen-bond donors (Lipinski definition) is 9. The Labute approximate surface area is 592 Å². The summed E-state index contributed by atoms with van der Waals surface area (Å²) in [5.41, 5.74) is 1.35. The van der Waals surface area contributed by atoms with Crippen molar-refractivity contribution in [3.05, 3.63) is 71.9 Å². The number of aliphatic hydroxyl groups excluding tert-OH is 9. The zero-order chi connectivity index (χ0) is 73.4. The first-order chi connectivity index (χ1) is 46.8. The van der Waals surface area contributed by atoms with Gasteiger partial charge in [0, 0.05) is 108 Å². The average molecular weight is 1410 g/mol. The topological polar surface area (TPSA) is 309 Å². The smallest absolute Gasteiger partial charge is 0.331 e. The van der Waals surface area contributed by atoms with Crippen LogP contribution in [0.25, 0.3) is 0 Å². The second-order valence-corrected chi connectivity index (χ2v) is 30.5. The molecule has 0 aromatic rings. The molecule has 570 valence electrons. The third-order valence-corrected chi connectivity index (χ3v) is 22.3. The van der Waals surface area contributed by atoms with Gasteiger partial charge < -0.3 is 93.3 Å². The Morgan fingerprint density at radius 2 is 0.889 bits per heavy atom. The third-order valence-electron chi connectivity index (χ3n) is 22.3. The van der Waals surface area contributed by atoms with Gasteiger partial charge in [-0.05, 0) is 117 Å². The van der Waals surface area contributed by atoms with Crippen LogP contribution in [0.4, 0.5) is 0 Å². The molecule has 0 aromatic heterocycles. The lowest BCUT2D eigenvalue weighted by Gasteiger charge is -2.39. The SMILES string of the molecule is CO[C@@H]1C[C@H](C)O[C@@H](C(O)C[C@H](C)[C@H](O)[C@H](C)C2OC(=O)/C=C/C(C)=C/C[C@H](O)C[C@@H]3C=CCC(C[C@H](OC)[C@H](C)[C@H](O)C[C@@H](O)[C@H](C)C([C@@H](C)[C@@H](O)[C@@H](C)CC[C@H]4C[C@H](OC)C[C@H](C)O4)OC(=O)/C=C/C(C)=C/C[C@H](O)C[C@@H]4C=CCC(C[C@@H](OC)[C@@H](C)[C@@H](O)C[C@@H](O)[C@@H]2C)O4)O3)C1. The van der Waals surface area contributed by atoms with Crippen LogP contribution in [0.3, 0.4) is 0 Å². The van der Waals surface area contributed by atoms with Crippen LogP contribution in [0.1, 0.15) is 192 Å². The van der Waals surface area contributed by atoms with Crippen molar-refractivity contribution in [3.63, 3.8) is 0 Å². The molecule has 5 aliphatic heterocycles. The minimum absolute atomic E-state index is 0.0334. The summed E-state index contributed by atoms with van der Waals surface area (Å²) in [5.74, 6) is -6.08. The van der Waals surface area contributed by atoms with E-state index in [1.165, 1.54) is 12.2 Å². The van der Waals surface area contributed by atoms with Gasteiger partial charge in [-0.25, -0.2) is 9.59 Å². The van der Waals surface area contributed by atoms with Crippen LogP contribution >= 0.6 is 0 Å². The van der Waals surface area contributed by atoms with Crippen LogP contribution in [-0.2, 0) is 57.0 Å². The zero-order valence-electron chi connectivity index (χ0n) is 62.6. The van der Waals surface area contributed by atoms with E-state index in [0.717, 1.165) is 12.8 Å². The molecule has 21 heteroatoms. The first kappa shape index (κ1) is 86.3. The summed E-state index contributed by atoms with van der Waals surface area (Å²) in [7, 11) is 6.48. The lowest BCUT2D eigenvalue weighted by atomic mass is 9.78. The molecule has 0 saturated carbocycles. The van der Waals surface area contributed by atoms with Gasteiger partial charge in [0.05, 0.1) is 128 Å². The maximum atomic E-state index is 13.9. The van der Waals surface area contributed by atoms with Gasteiger partial charge >= 0.3 is 11.9 Å². The molecule has 4 bridgehead atoms. The molecule has 31 atom stereocenters. The van der Waals surface area contributed by atoms with Crippen LogP contribution in [-0.4, -0.2) is 227 Å². The molecule has 2 fully saturated rings. The zero-order valence-corrected chi connectivity index (χ0v) is 62.6. The van der Waals surface area contributed by atoms with Crippen molar-refractivity contribution in [3.8, 4) is 0 Å². The van der Waals surface area contributed by atoms with E-state index in [1.807, 2.05) is 78.8 Å².